The molecule has 0 unspecified atom stereocenters. The van der Waals surface area contributed by atoms with Crippen LogP contribution in [0, 0.1) is 27.1 Å². The lowest BCUT2D eigenvalue weighted by Crippen LogP contribution is -1.96. The summed E-state index contributed by atoms with van der Waals surface area (Å²) in [6, 6.07) is 3.17. The number of halogens is 1. The van der Waals surface area contributed by atoms with E-state index in [1.54, 1.807) is 5.25 Å². The summed E-state index contributed by atoms with van der Waals surface area (Å²) in [6.45, 7) is 0. The van der Waals surface area contributed by atoms with Crippen LogP contribution in [0.3, 0.4) is 0 Å². The molecular weight excluding hydrogens is 237 g/mol. The standard InChI is InChI=1S/C9H6FNO4S/c1-16(14,15)6-5-7-8(10)3-2-4-9(7)11(12)13/h2-4H,1H3. The maximum atomic E-state index is 13.2. The highest BCUT2D eigenvalue weighted by Gasteiger charge is 2.15. The van der Waals surface area contributed by atoms with Gasteiger partial charge in [-0.3, -0.25) is 10.1 Å². The van der Waals surface area contributed by atoms with Crippen molar-refractivity contribution in [3.63, 3.8) is 0 Å². The van der Waals surface area contributed by atoms with Crippen LogP contribution >= 0.6 is 0 Å². The van der Waals surface area contributed by atoms with Crippen LogP contribution in [-0.2, 0) is 9.84 Å². The topological polar surface area (TPSA) is 77.3 Å². The van der Waals surface area contributed by atoms with Crippen molar-refractivity contribution in [2.45, 2.75) is 0 Å². The third kappa shape index (κ3) is 3.03. The van der Waals surface area contributed by atoms with Gasteiger partial charge in [-0.15, -0.1) is 0 Å². The molecule has 1 rings (SSSR count). The Kier molecular flexibility index (Phi) is 3.25. The first-order valence-corrected chi connectivity index (χ1v) is 5.86. The molecule has 0 aliphatic heterocycles. The van der Waals surface area contributed by atoms with Gasteiger partial charge in [0.05, 0.1) is 11.2 Å². The van der Waals surface area contributed by atoms with E-state index >= 15 is 0 Å². The highest BCUT2D eigenvalue weighted by Crippen LogP contribution is 2.19. The van der Waals surface area contributed by atoms with Crippen LogP contribution in [0.15, 0.2) is 18.2 Å². The minimum Gasteiger partial charge on any atom is -0.258 e. The molecule has 0 aromatic heterocycles. The fourth-order valence-electron chi connectivity index (χ4n) is 0.932. The van der Waals surface area contributed by atoms with Crippen molar-refractivity contribution in [3.05, 3.63) is 39.7 Å². The molecule has 5 nitrogen and oxygen atoms in total. The second-order valence-corrected chi connectivity index (χ2v) is 4.64. The summed E-state index contributed by atoms with van der Waals surface area (Å²) < 4.78 is 34.6. The van der Waals surface area contributed by atoms with E-state index in [0.717, 1.165) is 24.5 Å². The predicted octanol–water partition coefficient (Wildman–Crippen LogP) is 1.09. The van der Waals surface area contributed by atoms with Crippen LogP contribution in [0.25, 0.3) is 0 Å². The first-order chi connectivity index (χ1) is 7.31. The molecule has 0 atom stereocenters. The van der Waals surface area contributed by atoms with Crippen LogP contribution in [0.5, 0.6) is 0 Å². The van der Waals surface area contributed by atoms with Crippen molar-refractivity contribution in [3.8, 4) is 11.2 Å². The number of nitrogens with zero attached hydrogens (tertiary/aromatic N) is 1. The molecule has 16 heavy (non-hydrogen) atoms. The van der Waals surface area contributed by atoms with Crippen molar-refractivity contribution in [1.82, 2.24) is 0 Å². The lowest BCUT2D eigenvalue weighted by Gasteiger charge is -1.95. The summed E-state index contributed by atoms with van der Waals surface area (Å²) in [4.78, 5) is 9.70. The van der Waals surface area contributed by atoms with E-state index in [1.165, 1.54) is 0 Å². The van der Waals surface area contributed by atoms with Gasteiger partial charge in [-0.1, -0.05) is 6.07 Å². The molecule has 1 aromatic carbocycles. The second kappa shape index (κ2) is 4.28. The van der Waals surface area contributed by atoms with Gasteiger partial charge in [0.25, 0.3) is 5.69 Å². The van der Waals surface area contributed by atoms with E-state index in [9.17, 15) is 22.9 Å². The number of hydrogen-bond donors (Lipinski definition) is 0. The molecule has 0 spiro atoms. The van der Waals surface area contributed by atoms with Gasteiger partial charge < -0.3 is 0 Å². The Labute approximate surface area is 91.0 Å². The van der Waals surface area contributed by atoms with Crippen molar-refractivity contribution < 1.29 is 17.7 Å². The molecule has 7 heteroatoms. The second-order valence-electron chi connectivity index (χ2n) is 2.89. The Morgan fingerprint density at radius 1 is 1.44 bits per heavy atom. The van der Waals surface area contributed by atoms with E-state index in [1.807, 2.05) is 5.92 Å². The zero-order chi connectivity index (χ0) is 12.3. The van der Waals surface area contributed by atoms with Gasteiger partial charge in [0.15, 0.2) is 0 Å². The van der Waals surface area contributed by atoms with Crippen LogP contribution in [0.1, 0.15) is 5.56 Å². The largest absolute Gasteiger partial charge is 0.287 e. The van der Waals surface area contributed by atoms with Crippen LogP contribution in [0.4, 0.5) is 10.1 Å². The minimum atomic E-state index is -3.63. The normalized spacial score (nSPS) is 10.4. The third-order valence-electron chi connectivity index (χ3n) is 1.55. The molecular formula is C9H6FNO4S. The average Bonchev–Trinajstić information content (AvgIpc) is 2.13. The minimum absolute atomic E-state index is 0.530. The molecule has 0 aliphatic carbocycles. The summed E-state index contributed by atoms with van der Waals surface area (Å²) in [5.74, 6) is 1.02. The van der Waals surface area contributed by atoms with E-state index in [0.29, 0.717) is 0 Å². The quantitative estimate of drug-likeness (QED) is 0.420. The van der Waals surface area contributed by atoms with Crippen LogP contribution < -0.4 is 0 Å². The van der Waals surface area contributed by atoms with Crippen molar-refractivity contribution in [1.29, 1.82) is 0 Å². The molecule has 0 bridgehead atoms. The Morgan fingerprint density at radius 3 is 2.56 bits per heavy atom. The number of sulfone groups is 1. The van der Waals surface area contributed by atoms with E-state index in [-0.39, 0.29) is 0 Å². The molecule has 0 fully saturated rings. The number of benzene rings is 1. The Balaban J connectivity index is 3.42. The molecule has 0 heterocycles. The van der Waals surface area contributed by atoms with Gasteiger partial charge in [0.1, 0.15) is 11.4 Å². The molecule has 1 aromatic rings. The first-order valence-electron chi connectivity index (χ1n) is 3.97. The average molecular weight is 243 g/mol. The van der Waals surface area contributed by atoms with Gasteiger partial charge in [-0.05, 0) is 12.0 Å². The van der Waals surface area contributed by atoms with Gasteiger partial charge >= 0.3 is 0 Å². The Hall–Kier alpha value is -1.94. The maximum Gasteiger partial charge on any atom is 0.287 e. The first kappa shape index (κ1) is 12.1. The van der Waals surface area contributed by atoms with Gasteiger partial charge in [-0.2, -0.15) is 0 Å². The summed E-state index contributed by atoms with van der Waals surface area (Å²) in [6.07, 6.45) is 0.826. The van der Waals surface area contributed by atoms with E-state index in [2.05, 4.69) is 0 Å². The summed E-state index contributed by atoms with van der Waals surface area (Å²) in [5, 5.41) is 12.3. The lowest BCUT2D eigenvalue weighted by atomic mass is 10.2. The Bertz CT molecular complexity index is 598. The SMILES string of the molecule is CS(=O)(=O)C#Cc1c(F)cccc1[N+](=O)[O-]. The van der Waals surface area contributed by atoms with Crippen LogP contribution in [0.2, 0.25) is 0 Å². The van der Waals surface area contributed by atoms with Crippen molar-refractivity contribution in [2.24, 2.45) is 0 Å². The van der Waals surface area contributed by atoms with Gasteiger partial charge in [0, 0.05) is 11.3 Å². The van der Waals surface area contributed by atoms with Crippen molar-refractivity contribution >= 4 is 15.5 Å². The smallest absolute Gasteiger partial charge is 0.258 e. The Morgan fingerprint density at radius 2 is 2.06 bits per heavy atom. The summed E-state index contributed by atoms with van der Waals surface area (Å²) in [7, 11) is -3.63. The fraction of sp³-hybridized carbons (Fsp3) is 0.111. The molecule has 0 saturated heterocycles. The van der Waals surface area contributed by atoms with Gasteiger partial charge in [0.2, 0.25) is 9.84 Å². The molecule has 0 amide bonds. The molecule has 0 aliphatic rings. The molecule has 0 saturated carbocycles. The monoisotopic (exact) mass is 243 g/mol. The summed E-state index contributed by atoms with van der Waals surface area (Å²) >= 11 is 0. The highest BCUT2D eigenvalue weighted by molar-refractivity contribution is 7.95. The van der Waals surface area contributed by atoms with Crippen molar-refractivity contribution in [2.75, 3.05) is 6.26 Å². The maximum absolute atomic E-state index is 13.2. The van der Waals surface area contributed by atoms with E-state index in [4.69, 9.17) is 0 Å². The molecule has 84 valence electrons. The zero-order valence-corrected chi connectivity index (χ0v) is 8.91. The number of hydrogen-bond acceptors (Lipinski definition) is 4. The zero-order valence-electron chi connectivity index (χ0n) is 8.10. The predicted molar refractivity (Wildman–Crippen MR) is 54.8 cm³/mol. The number of nitro benzene ring substituents is 1. The third-order valence-corrected chi connectivity index (χ3v) is 2.02. The molecule has 0 radical (unpaired) electrons. The molecule has 0 N–H and O–H groups in total. The summed E-state index contributed by atoms with van der Waals surface area (Å²) in [5.41, 5.74) is -1.09. The lowest BCUT2D eigenvalue weighted by molar-refractivity contribution is -0.385. The van der Waals surface area contributed by atoms with E-state index < -0.39 is 31.8 Å². The van der Waals surface area contributed by atoms with Crippen LogP contribution in [-0.4, -0.2) is 19.6 Å². The highest BCUT2D eigenvalue weighted by atomic mass is 32.2. The van der Waals surface area contributed by atoms with Gasteiger partial charge in [-0.25, -0.2) is 12.8 Å². The number of nitro groups is 1. The number of rotatable bonds is 1. The fourth-order valence-corrected chi connectivity index (χ4v) is 1.22.